The fourth-order valence-electron chi connectivity index (χ4n) is 1.43. The summed E-state index contributed by atoms with van der Waals surface area (Å²) in [7, 11) is 0. The molecule has 1 rings (SSSR count). The lowest BCUT2D eigenvalue weighted by molar-refractivity contribution is 0.0985. The zero-order chi connectivity index (χ0) is 11.3. The van der Waals surface area contributed by atoms with Crippen LogP contribution < -0.4 is 5.32 Å². The van der Waals surface area contributed by atoms with Crippen molar-refractivity contribution in [1.29, 1.82) is 0 Å². The monoisotopic (exact) mass is 213 g/mol. The van der Waals surface area contributed by atoms with E-state index in [1.807, 2.05) is 26.0 Å². The average Bonchev–Trinajstić information content (AvgIpc) is 2.21. The summed E-state index contributed by atoms with van der Waals surface area (Å²) in [6.07, 6.45) is -1.51. The highest BCUT2D eigenvalue weighted by molar-refractivity contribution is 5.24. The SMILES string of the molecule is CCCNC(c1ccc(C)cc1)C(F)F. The second-order valence-corrected chi connectivity index (χ2v) is 3.68. The molecule has 0 saturated carbocycles. The minimum atomic E-state index is -2.36. The molecule has 0 fully saturated rings. The van der Waals surface area contributed by atoms with E-state index in [0.29, 0.717) is 12.1 Å². The number of nitrogens with one attached hydrogen (secondary N) is 1. The molecule has 0 heterocycles. The molecule has 15 heavy (non-hydrogen) atoms. The topological polar surface area (TPSA) is 12.0 Å². The van der Waals surface area contributed by atoms with Gasteiger partial charge in [-0.3, -0.25) is 0 Å². The Morgan fingerprint density at radius 3 is 2.27 bits per heavy atom. The van der Waals surface area contributed by atoms with Gasteiger partial charge in [0.15, 0.2) is 0 Å². The lowest BCUT2D eigenvalue weighted by atomic mass is 10.1. The van der Waals surface area contributed by atoms with Gasteiger partial charge in [0, 0.05) is 0 Å². The van der Waals surface area contributed by atoms with Crippen LogP contribution in [0.25, 0.3) is 0 Å². The Balaban J connectivity index is 2.74. The number of aryl methyl sites for hydroxylation is 1. The van der Waals surface area contributed by atoms with Crippen molar-refractivity contribution in [3.05, 3.63) is 35.4 Å². The summed E-state index contributed by atoms with van der Waals surface area (Å²) in [4.78, 5) is 0. The third-order valence-electron chi connectivity index (χ3n) is 2.30. The van der Waals surface area contributed by atoms with Gasteiger partial charge in [0.25, 0.3) is 6.43 Å². The van der Waals surface area contributed by atoms with Crippen LogP contribution in [0.15, 0.2) is 24.3 Å². The number of hydrogen-bond acceptors (Lipinski definition) is 1. The van der Waals surface area contributed by atoms with Gasteiger partial charge in [-0.1, -0.05) is 36.8 Å². The van der Waals surface area contributed by atoms with Crippen molar-refractivity contribution in [2.24, 2.45) is 0 Å². The van der Waals surface area contributed by atoms with Crippen LogP contribution in [-0.2, 0) is 0 Å². The summed E-state index contributed by atoms with van der Waals surface area (Å²) in [5, 5.41) is 2.85. The Labute approximate surface area is 89.5 Å². The van der Waals surface area contributed by atoms with E-state index < -0.39 is 12.5 Å². The second-order valence-electron chi connectivity index (χ2n) is 3.68. The molecule has 84 valence electrons. The minimum Gasteiger partial charge on any atom is -0.305 e. The van der Waals surface area contributed by atoms with Gasteiger partial charge in [-0.05, 0) is 25.5 Å². The molecule has 1 aromatic carbocycles. The molecule has 1 aromatic rings. The van der Waals surface area contributed by atoms with Crippen LogP contribution in [0.4, 0.5) is 8.78 Å². The molecule has 0 aromatic heterocycles. The maximum absolute atomic E-state index is 12.7. The molecule has 1 N–H and O–H groups in total. The van der Waals surface area contributed by atoms with E-state index in [1.54, 1.807) is 12.1 Å². The van der Waals surface area contributed by atoms with E-state index in [9.17, 15) is 8.78 Å². The highest BCUT2D eigenvalue weighted by atomic mass is 19.3. The van der Waals surface area contributed by atoms with Crippen molar-refractivity contribution in [2.75, 3.05) is 6.54 Å². The molecule has 0 aliphatic carbocycles. The van der Waals surface area contributed by atoms with Crippen LogP contribution in [0.3, 0.4) is 0 Å². The first kappa shape index (κ1) is 12.1. The lowest BCUT2D eigenvalue weighted by Crippen LogP contribution is -2.27. The third-order valence-corrected chi connectivity index (χ3v) is 2.30. The maximum atomic E-state index is 12.7. The molecule has 1 atom stereocenters. The van der Waals surface area contributed by atoms with Crippen LogP contribution in [-0.4, -0.2) is 13.0 Å². The van der Waals surface area contributed by atoms with Crippen LogP contribution in [0.2, 0.25) is 0 Å². The van der Waals surface area contributed by atoms with E-state index in [0.717, 1.165) is 12.0 Å². The number of hydrogen-bond donors (Lipinski definition) is 1. The zero-order valence-electron chi connectivity index (χ0n) is 9.13. The molecule has 1 nitrogen and oxygen atoms in total. The first-order valence-electron chi connectivity index (χ1n) is 5.23. The fourth-order valence-corrected chi connectivity index (χ4v) is 1.43. The van der Waals surface area contributed by atoms with Gasteiger partial charge in [0.1, 0.15) is 0 Å². The molecular formula is C12H17F2N. The Hall–Kier alpha value is -0.960. The smallest absolute Gasteiger partial charge is 0.257 e. The van der Waals surface area contributed by atoms with Gasteiger partial charge in [-0.15, -0.1) is 0 Å². The molecule has 0 bridgehead atoms. The Kier molecular flexibility index (Phi) is 4.69. The van der Waals surface area contributed by atoms with Gasteiger partial charge in [0.2, 0.25) is 0 Å². The summed E-state index contributed by atoms with van der Waals surface area (Å²) in [5.74, 6) is 0. The Morgan fingerprint density at radius 1 is 1.20 bits per heavy atom. The molecule has 0 aliphatic rings. The van der Waals surface area contributed by atoms with E-state index in [1.165, 1.54) is 0 Å². The second kappa shape index (κ2) is 5.81. The van der Waals surface area contributed by atoms with E-state index in [2.05, 4.69) is 5.32 Å². The number of halogens is 2. The third kappa shape index (κ3) is 3.59. The summed E-state index contributed by atoms with van der Waals surface area (Å²) >= 11 is 0. The lowest BCUT2D eigenvalue weighted by Gasteiger charge is -2.18. The number of benzene rings is 1. The first-order valence-corrected chi connectivity index (χ1v) is 5.23. The Morgan fingerprint density at radius 2 is 1.80 bits per heavy atom. The zero-order valence-corrected chi connectivity index (χ0v) is 9.13. The van der Waals surface area contributed by atoms with Gasteiger partial charge in [-0.2, -0.15) is 0 Å². The van der Waals surface area contributed by atoms with Gasteiger partial charge < -0.3 is 5.32 Å². The summed E-state index contributed by atoms with van der Waals surface area (Å²) < 4.78 is 25.5. The van der Waals surface area contributed by atoms with Crippen LogP contribution >= 0.6 is 0 Å². The van der Waals surface area contributed by atoms with Crippen molar-refractivity contribution in [1.82, 2.24) is 5.32 Å². The molecule has 0 spiro atoms. The molecule has 0 radical (unpaired) electrons. The van der Waals surface area contributed by atoms with Gasteiger partial charge in [-0.25, -0.2) is 8.78 Å². The largest absolute Gasteiger partial charge is 0.305 e. The van der Waals surface area contributed by atoms with E-state index >= 15 is 0 Å². The van der Waals surface area contributed by atoms with Crippen molar-refractivity contribution in [3.8, 4) is 0 Å². The quantitative estimate of drug-likeness (QED) is 0.791. The summed E-state index contributed by atoms with van der Waals surface area (Å²) in [6, 6.07) is 6.39. The average molecular weight is 213 g/mol. The predicted molar refractivity (Wildman–Crippen MR) is 58.2 cm³/mol. The molecule has 1 unspecified atom stereocenters. The fraction of sp³-hybridized carbons (Fsp3) is 0.500. The molecule has 0 aliphatic heterocycles. The Bertz CT molecular complexity index is 282. The highest BCUT2D eigenvalue weighted by Gasteiger charge is 2.20. The van der Waals surface area contributed by atoms with Crippen LogP contribution in [0.5, 0.6) is 0 Å². The summed E-state index contributed by atoms with van der Waals surface area (Å²) in [6.45, 7) is 4.52. The van der Waals surface area contributed by atoms with E-state index in [-0.39, 0.29) is 0 Å². The standard InChI is InChI=1S/C12H17F2N/c1-3-8-15-11(12(13)14)10-6-4-9(2)5-7-10/h4-7,11-12,15H,3,8H2,1-2H3. The molecule has 3 heteroatoms. The predicted octanol–water partition coefficient (Wildman–Crippen LogP) is 3.30. The van der Waals surface area contributed by atoms with Crippen molar-refractivity contribution < 1.29 is 8.78 Å². The van der Waals surface area contributed by atoms with Crippen molar-refractivity contribution in [3.63, 3.8) is 0 Å². The highest BCUT2D eigenvalue weighted by Crippen LogP contribution is 2.20. The molecule has 0 amide bonds. The summed E-state index contributed by atoms with van der Waals surface area (Å²) in [5.41, 5.74) is 1.74. The van der Waals surface area contributed by atoms with Gasteiger partial charge >= 0.3 is 0 Å². The van der Waals surface area contributed by atoms with Crippen molar-refractivity contribution >= 4 is 0 Å². The first-order chi connectivity index (χ1) is 7.15. The van der Waals surface area contributed by atoms with Gasteiger partial charge in [0.05, 0.1) is 6.04 Å². The number of alkyl halides is 2. The molecule has 0 saturated heterocycles. The van der Waals surface area contributed by atoms with E-state index in [4.69, 9.17) is 0 Å². The molecular weight excluding hydrogens is 196 g/mol. The van der Waals surface area contributed by atoms with Crippen LogP contribution in [0.1, 0.15) is 30.5 Å². The van der Waals surface area contributed by atoms with Crippen molar-refractivity contribution in [2.45, 2.75) is 32.7 Å². The maximum Gasteiger partial charge on any atom is 0.257 e. The number of rotatable bonds is 5. The minimum absolute atomic E-state index is 0.614. The normalized spacial score (nSPS) is 13.1. The van der Waals surface area contributed by atoms with Crippen LogP contribution in [0, 0.1) is 6.92 Å².